The van der Waals surface area contributed by atoms with Crippen molar-refractivity contribution < 1.29 is 4.79 Å². The van der Waals surface area contributed by atoms with Crippen LogP contribution in [0, 0.1) is 0 Å². The Bertz CT molecular complexity index is 395. The largest absolute Gasteiger partial charge is 0.293 e. The molecule has 0 radical (unpaired) electrons. The van der Waals surface area contributed by atoms with E-state index in [2.05, 4.69) is 6.92 Å². The Morgan fingerprint density at radius 2 is 1.68 bits per heavy atom. The van der Waals surface area contributed by atoms with Crippen molar-refractivity contribution in [3.8, 4) is 0 Å². The SMILES string of the molecule is CCCCCCCCC(=O)/C(Cl)=C/c1ccccc1. The molecule has 0 spiro atoms. The number of hydrogen-bond acceptors (Lipinski definition) is 1. The summed E-state index contributed by atoms with van der Waals surface area (Å²) in [5.41, 5.74) is 0.976. The van der Waals surface area contributed by atoms with Crippen LogP contribution in [0.3, 0.4) is 0 Å². The van der Waals surface area contributed by atoms with Crippen LogP contribution in [0.25, 0.3) is 6.08 Å². The molecule has 0 aliphatic carbocycles. The summed E-state index contributed by atoms with van der Waals surface area (Å²) in [6, 6.07) is 9.71. The van der Waals surface area contributed by atoms with Gasteiger partial charge in [-0.1, -0.05) is 81.0 Å². The van der Waals surface area contributed by atoms with Crippen LogP contribution in [0.1, 0.15) is 57.4 Å². The number of carbonyl (C=O) groups is 1. The van der Waals surface area contributed by atoms with E-state index in [1.165, 1.54) is 25.7 Å². The van der Waals surface area contributed by atoms with Crippen LogP contribution in [0.15, 0.2) is 35.4 Å². The van der Waals surface area contributed by atoms with Gasteiger partial charge in [-0.15, -0.1) is 0 Å². The first-order valence-corrected chi connectivity index (χ1v) is 7.57. The van der Waals surface area contributed by atoms with Crippen molar-refractivity contribution >= 4 is 23.5 Å². The molecule has 0 saturated carbocycles. The summed E-state index contributed by atoms with van der Waals surface area (Å²) in [5.74, 6) is 0.0565. The van der Waals surface area contributed by atoms with Crippen molar-refractivity contribution in [2.75, 3.05) is 0 Å². The summed E-state index contributed by atoms with van der Waals surface area (Å²) in [5, 5.41) is 0.347. The number of allylic oxidation sites excluding steroid dienone is 1. The molecule has 0 fully saturated rings. The summed E-state index contributed by atoms with van der Waals surface area (Å²) in [7, 11) is 0. The molecule has 1 nitrogen and oxygen atoms in total. The molecule has 0 aliphatic heterocycles. The second-order valence-corrected chi connectivity index (χ2v) is 5.25. The normalized spacial score (nSPS) is 11.6. The predicted octanol–water partition coefficient (Wildman–Crippen LogP) is 5.59. The van der Waals surface area contributed by atoms with Crippen LogP contribution < -0.4 is 0 Å². The van der Waals surface area contributed by atoms with Gasteiger partial charge in [-0.3, -0.25) is 4.79 Å². The molecule has 0 amide bonds. The van der Waals surface area contributed by atoms with E-state index in [1.807, 2.05) is 30.3 Å². The van der Waals surface area contributed by atoms with Gasteiger partial charge in [0.25, 0.3) is 0 Å². The maximum Gasteiger partial charge on any atom is 0.174 e. The molecule has 1 aromatic rings. The minimum absolute atomic E-state index is 0.0565. The van der Waals surface area contributed by atoms with Gasteiger partial charge in [-0.2, -0.15) is 0 Å². The summed E-state index contributed by atoms with van der Waals surface area (Å²) >= 11 is 6.04. The monoisotopic (exact) mass is 278 g/mol. The average molecular weight is 279 g/mol. The van der Waals surface area contributed by atoms with Crippen molar-refractivity contribution in [2.24, 2.45) is 0 Å². The zero-order valence-corrected chi connectivity index (χ0v) is 12.5. The summed E-state index contributed by atoms with van der Waals surface area (Å²) in [4.78, 5) is 11.8. The van der Waals surface area contributed by atoms with Crippen molar-refractivity contribution in [3.63, 3.8) is 0 Å². The molecule has 0 heterocycles. The van der Waals surface area contributed by atoms with Crippen molar-refractivity contribution in [2.45, 2.75) is 51.9 Å². The van der Waals surface area contributed by atoms with Crippen LogP contribution >= 0.6 is 11.6 Å². The molecule has 0 N–H and O–H groups in total. The van der Waals surface area contributed by atoms with Gasteiger partial charge in [0, 0.05) is 6.42 Å². The molecular weight excluding hydrogens is 256 g/mol. The zero-order valence-electron chi connectivity index (χ0n) is 11.7. The van der Waals surface area contributed by atoms with Crippen LogP contribution in [-0.2, 0) is 4.79 Å². The van der Waals surface area contributed by atoms with E-state index in [0.29, 0.717) is 11.5 Å². The van der Waals surface area contributed by atoms with Gasteiger partial charge in [-0.05, 0) is 18.1 Å². The van der Waals surface area contributed by atoms with E-state index >= 15 is 0 Å². The minimum atomic E-state index is 0.0565. The summed E-state index contributed by atoms with van der Waals surface area (Å²) < 4.78 is 0. The zero-order chi connectivity index (χ0) is 13.9. The first-order valence-electron chi connectivity index (χ1n) is 7.19. The van der Waals surface area contributed by atoms with E-state index in [-0.39, 0.29) is 5.78 Å². The van der Waals surface area contributed by atoms with Crippen LogP contribution in [-0.4, -0.2) is 5.78 Å². The molecule has 0 bridgehead atoms. The molecule has 1 aromatic carbocycles. The molecule has 0 unspecified atom stereocenters. The third kappa shape index (κ3) is 7.17. The number of carbonyl (C=O) groups excluding carboxylic acids is 1. The minimum Gasteiger partial charge on any atom is -0.293 e. The van der Waals surface area contributed by atoms with Crippen LogP contribution in [0.5, 0.6) is 0 Å². The van der Waals surface area contributed by atoms with E-state index in [9.17, 15) is 4.79 Å². The molecule has 0 aromatic heterocycles. The lowest BCUT2D eigenvalue weighted by Crippen LogP contribution is -1.97. The fourth-order valence-corrected chi connectivity index (χ4v) is 2.18. The van der Waals surface area contributed by atoms with Gasteiger partial charge in [0.1, 0.15) is 0 Å². The van der Waals surface area contributed by atoms with Crippen LogP contribution in [0.4, 0.5) is 0 Å². The molecule has 19 heavy (non-hydrogen) atoms. The second kappa shape index (κ2) is 9.80. The van der Waals surface area contributed by atoms with Gasteiger partial charge in [-0.25, -0.2) is 0 Å². The average Bonchev–Trinajstić information content (AvgIpc) is 2.43. The topological polar surface area (TPSA) is 17.1 Å². The predicted molar refractivity (Wildman–Crippen MR) is 83.3 cm³/mol. The summed E-state index contributed by atoms with van der Waals surface area (Å²) in [6.45, 7) is 2.21. The highest BCUT2D eigenvalue weighted by Gasteiger charge is 2.06. The maximum absolute atomic E-state index is 11.8. The number of ketones is 1. The lowest BCUT2D eigenvalue weighted by molar-refractivity contribution is -0.115. The highest BCUT2D eigenvalue weighted by molar-refractivity contribution is 6.44. The lowest BCUT2D eigenvalue weighted by atomic mass is 10.1. The maximum atomic E-state index is 11.8. The van der Waals surface area contributed by atoms with Gasteiger partial charge in [0.2, 0.25) is 0 Å². The second-order valence-electron chi connectivity index (χ2n) is 4.84. The summed E-state index contributed by atoms with van der Waals surface area (Å²) in [6.07, 6.45) is 9.44. The first-order chi connectivity index (χ1) is 9.24. The quantitative estimate of drug-likeness (QED) is 0.425. The van der Waals surface area contributed by atoms with Gasteiger partial charge < -0.3 is 0 Å². The number of rotatable bonds is 9. The van der Waals surface area contributed by atoms with E-state index < -0.39 is 0 Å². The first kappa shape index (κ1) is 16.0. The van der Waals surface area contributed by atoms with Crippen molar-refractivity contribution in [3.05, 3.63) is 40.9 Å². The van der Waals surface area contributed by atoms with Crippen molar-refractivity contribution in [1.82, 2.24) is 0 Å². The fraction of sp³-hybridized carbons (Fsp3) is 0.471. The Balaban J connectivity index is 2.27. The molecule has 1 rings (SSSR count). The highest BCUT2D eigenvalue weighted by Crippen LogP contribution is 2.15. The van der Waals surface area contributed by atoms with E-state index in [0.717, 1.165) is 18.4 Å². The van der Waals surface area contributed by atoms with Crippen LogP contribution in [0.2, 0.25) is 0 Å². The fourth-order valence-electron chi connectivity index (χ4n) is 1.96. The number of benzene rings is 1. The lowest BCUT2D eigenvalue weighted by Gasteiger charge is -2.01. The number of Topliss-reactive ketones (excluding diaryl/α,β-unsaturated/α-hetero) is 1. The standard InChI is InChI=1S/C17H23ClO/c1-2-3-4-5-6-10-13-17(19)16(18)14-15-11-8-7-9-12-15/h7-9,11-12,14H,2-6,10,13H2,1H3/b16-14-. The van der Waals surface area contributed by atoms with Gasteiger partial charge in [0.05, 0.1) is 5.03 Å². The third-order valence-corrected chi connectivity index (χ3v) is 3.44. The highest BCUT2D eigenvalue weighted by atomic mass is 35.5. The Hall–Kier alpha value is -1.08. The van der Waals surface area contributed by atoms with E-state index in [4.69, 9.17) is 11.6 Å². The van der Waals surface area contributed by atoms with E-state index in [1.54, 1.807) is 6.08 Å². The Labute approximate surface area is 121 Å². The number of halogens is 1. The van der Waals surface area contributed by atoms with Gasteiger partial charge >= 0.3 is 0 Å². The molecule has 104 valence electrons. The molecule has 0 aliphatic rings. The smallest absolute Gasteiger partial charge is 0.174 e. The molecule has 2 heteroatoms. The number of unbranched alkanes of at least 4 members (excludes halogenated alkanes) is 5. The third-order valence-electron chi connectivity index (χ3n) is 3.12. The Morgan fingerprint density at radius 1 is 1.05 bits per heavy atom. The molecule has 0 saturated heterocycles. The van der Waals surface area contributed by atoms with Gasteiger partial charge in [0.15, 0.2) is 5.78 Å². The Kier molecular flexibility index (Phi) is 8.24. The Morgan fingerprint density at radius 3 is 2.37 bits per heavy atom. The van der Waals surface area contributed by atoms with Crippen molar-refractivity contribution in [1.29, 1.82) is 0 Å². The molecule has 0 atom stereocenters. The number of hydrogen-bond donors (Lipinski definition) is 0. The molecular formula is C17H23ClO.